The van der Waals surface area contributed by atoms with Crippen molar-refractivity contribution in [3.8, 4) is 5.75 Å². The summed E-state index contributed by atoms with van der Waals surface area (Å²) in [7, 11) is 0. The number of aromatic hydroxyl groups is 1. The molecular weight excluding hydrogens is 649 g/mol. The molecule has 14 heteroatoms. The SMILES string of the molecule is CC(=O)Nc1cccc(O)c1[As](=O)(O)O.Nc1ccc2ncnc(Nc3cccc(Cl)c3)c2c1.c1ccc2ncncc2c1. The van der Waals surface area contributed by atoms with Crippen LogP contribution in [0.5, 0.6) is 5.75 Å². The second-order valence-electron chi connectivity index (χ2n) is 9.11. The maximum atomic E-state index is 11.1. The van der Waals surface area contributed by atoms with E-state index in [2.05, 4.69) is 30.6 Å². The van der Waals surface area contributed by atoms with Crippen molar-refractivity contribution in [2.75, 3.05) is 16.4 Å². The fourth-order valence-electron chi connectivity index (χ4n) is 3.93. The number of hydrogen-bond donors (Lipinski definition) is 6. The Morgan fingerprint density at radius 2 is 1.64 bits per heavy atom. The van der Waals surface area contributed by atoms with Gasteiger partial charge >= 0.3 is 88.1 Å². The molecule has 0 saturated heterocycles. The first-order chi connectivity index (χ1) is 21.0. The molecule has 7 N–H and O–H groups in total. The van der Waals surface area contributed by atoms with Gasteiger partial charge in [0.25, 0.3) is 0 Å². The van der Waals surface area contributed by atoms with Crippen molar-refractivity contribution in [1.82, 2.24) is 19.9 Å². The average molecular weight is 676 g/mol. The van der Waals surface area contributed by atoms with Gasteiger partial charge in [-0.25, -0.2) is 19.9 Å². The van der Waals surface area contributed by atoms with Gasteiger partial charge in [0, 0.05) is 33.4 Å². The molecule has 6 rings (SSSR count). The van der Waals surface area contributed by atoms with E-state index in [0.717, 1.165) is 33.6 Å². The van der Waals surface area contributed by atoms with E-state index in [0.29, 0.717) is 16.5 Å². The van der Waals surface area contributed by atoms with Crippen molar-refractivity contribution in [1.29, 1.82) is 0 Å². The van der Waals surface area contributed by atoms with E-state index in [-0.39, 0.29) is 5.69 Å². The van der Waals surface area contributed by atoms with E-state index in [1.54, 1.807) is 6.33 Å². The van der Waals surface area contributed by atoms with Gasteiger partial charge in [-0.3, -0.25) is 0 Å². The van der Waals surface area contributed by atoms with Crippen LogP contribution in [0, 0.1) is 0 Å². The van der Waals surface area contributed by atoms with E-state index < -0.39 is 30.2 Å². The number of aromatic nitrogens is 4. The number of rotatable bonds is 4. The Morgan fingerprint density at radius 1 is 0.886 bits per heavy atom. The first kappa shape index (κ1) is 31.9. The van der Waals surface area contributed by atoms with Crippen LogP contribution in [0.2, 0.25) is 5.02 Å². The number of nitrogen functional groups attached to an aromatic ring is 1. The van der Waals surface area contributed by atoms with Gasteiger partial charge in [0.2, 0.25) is 0 Å². The topological polar surface area (TPSA) is 196 Å². The van der Waals surface area contributed by atoms with Crippen LogP contribution in [0.15, 0.2) is 104 Å². The number of hydrogen-bond acceptors (Lipinski definition) is 9. The summed E-state index contributed by atoms with van der Waals surface area (Å²) in [5.74, 6) is -0.279. The van der Waals surface area contributed by atoms with Gasteiger partial charge < -0.3 is 11.1 Å². The number of carbonyl (C=O) groups excluding carboxylic acids is 1. The summed E-state index contributed by atoms with van der Waals surface area (Å²) in [6.45, 7) is 1.21. The summed E-state index contributed by atoms with van der Waals surface area (Å²) < 4.78 is 28.6. The smallest absolute Gasteiger partial charge is 0.141 e. The summed E-state index contributed by atoms with van der Waals surface area (Å²) >= 11 is 0.714. The van der Waals surface area contributed by atoms with Crippen LogP contribution in [0.4, 0.5) is 22.9 Å². The van der Waals surface area contributed by atoms with Gasteiger partial charge in [-0.05, 0) is 42.5 Å². The molecule has 0 aliphatic heterocycles. The zero-order valence-corrected chi connectivity index (χ0v) is 25.8. The number of fused-ring (bicyclic) bond motifs is 2. The van der Waals surface area contributed by atoms with Gasteiger partial charge in [-0.15, -0.1) is 0 Å². The number of benzene rings is 4. The number of halogens is 1. The average Bonchev–Trinajstić information content (AvgIpc) is 2.97. The molecule has 6 aromatic rings. The molecule has 44 heavy (non-hydrogen) atoms. The number of para-hydroxylation sites is 1. The fourth-order valence-corrected chi connectivity index (χ4v) is 5.83. The van der Waals surface area contributed by atoms with E-state index in [1.807, 2.05) is 72.9 Å². The Morgan fingerprint density at radius 3 is 2.36 bits per heavy atom. The van der Waals surface area contributed by atoms with Crippen molar-refractivity contribution in [2.45, 2.75) is 6.92 Å². The molecule has 12 nitrogen and oxygen atoms in total. The van der Waals surface area contributed by atoms with E-state index in [4.69, 9.17) is 25.5 Å². The summed E-state index contributed by atoms with van der Waals surface area (Å²) in [6, 6.07) is 24.8. The largest absolute Gasteiger partial charge is 0.399 e. The molecule has 0 spiro atoms. The molecule has 1 amide bonds. The van der Waals surface area contributed by atoms with E-state index >= 15 is 0 Å². The molecule has 0 radical (unpaired) electrons. The molecule has 0 aliphatic rings. The van der Waals surface area contributed by atoms with Crippen molar-refractivity contribution >= 4 is 80.7 Å². The van der Waals surface area contributed by atoms with Crippen LogP contribution < -0.4 is 20.7 Å². The van der Waals surface area contributed by atoms with Crippen LogP contribution in [0.3, 0.4) is 0 Å². The summed E-state index contributed by atoms with van der Waals surface area (Å²) in [5.41, 5.74) is 9.13. The molecule has 0 saturated carbocycles. The Hall–Kier alpha value is -5.00. The molecule has 0 atom stereocenters. The number of nitrogens with zero attached hydrogens (tertiary/aromatic N) is 4. The summed E-state index contributed by atoms with van der Waals surface area (Å²) in [4.78, 5) is 27.2. The number of amides is 1. The van der Waals surface area contributed by atoms with Crippen molar-refractivity contribution in [3.05, 3.63) is 109 Å². The summed E-state index contributed by atoms with van der Waals surface area (Å²) in [6.07, 6.45) is 4.88. The molecule has 4 aromatic carbocycles. The number of anilines is 4. The second-order valence-corrected chi connectivity index (χ2v) is 12.8. The number of nitrogens with one attached hydrogen (secondary N) is 2. The standard InChI is InChI=1S/C14H11ClN4.C8H10AsNO5.C8H6N2/c15-9-2-1-3-11(6-9)19-14-12-7-10(16)4-5-13(12)17-8-18-14;1-5(11)10-6-3-2-4-7(12)8(6)9(13,14)15;1-2-4-8-7(3-1)5-9-6-10-8/h1-8H,16H2,(H,17,18,19);2-4,12H,1H3,(H,10,11)(H2,13,14,15);1-6H. The quantitative estimate of drug-likeness (QED) is 0.116. The van der Waals surface area contributed by atoms with Crippen LogP contribution >= 0.6 is 11.6 Å². The summed E-state index contributed by atoms with van der Waals surface area (Å²) in [5, 5.41) is 17.4. The number of carbonyl (C=O) groups is 1. The van der Waals surface area contributed by atoms with Gasteiger partial charge in [0.05, 0.1) is 11.0 Å². The predicted octanol–water partition coefficient (Wildman–Crippen LogP) is 4.15. The minimum atomic E-state index is -5.25. The molecule has 2 heterocycles. The Balaban J connectivity index is 0.000000158. The second kappa shape index (κ2) is 14.4. The minimum Gasteiger partial charge on any atom is -0.399 e. The molecule has 0 fully saturated rings. The number of phenols is 1. The van der Waals surface area contributed by atoms with E-state index in [9.17, 15) is 13.6 Å². The first-order valence-electron chi connectivity index (χ1n) is 12.8. The molecule has 224 valence electrons. The third kappa shape index (κ3) is 8.76. The van der Waals surface area contributed by atoms with Crippen LogP contribution in [-0.4, -0.2) is 53.3 Å². The third-order valence-corrected chi connectivity index (χ3v) is 8.22. The van der Waals surface area contributed by atoms with Crippen LogP contribution in [0.1, 0.15) is 6.92 Å². The molecular formula is C30H27AsClN7O5. The van der Waals surface area contributed by atoms with Crippen LogP contribution in [-0.2, 0) is 8.53 Å². The zero-order valence-electron chi connectivity index (χ0n) is 23.2. The van der Waals surface area contributed by atoms with Gasteiger partial charge in [-0.1, -0.05) is 35.9 Å². The third-order valence-electron chi connectivity index (χ3n) is 5.78. The molecule has 0 aliphatic carbocycles. The van der Waals surface area contributed by atoms with Gasteiger partial charge in [0.15, 0.2) is 0 Å². The van der Waals surface area contributed by atoms with Gasteiger partial charge in [0.1, 0.15) is 18.5 Å². The number of nitrogens with two attached hydrogens (primary N) is 1. The predicted molar refractivity (Wildman–Crippen MR) is 171 cm³/mol. The Labute approximate surface area is 259 Å². The zero-order chi connectivity index (χ0) is 31.7. The first-order valence-corrected chi connectivity index (χ1v) is 16.6. The van der Waals surface area contributed by atoms with Crippen molar-refractivity contribution < 1.29 is 21.8 Å². The maximum absolute atomic E-state index is 11.1. The molecule has 0 bridgehead atoms. The Bertz CT molecular complexity index is 1910. The normalized spacial score (nSPS) is 10.6. The Kier molecular flexibility index (Phi) is 10.5. The molecule has 2 aromatic heterocycles. The minimum absolute atomic E-state index is 0.0602. The number of phenolic OH excluding ortho intramolecular Hbond substituents is 1. The molecule has 0 unspecified atom stereocenters. The monoisotopic (exact) mass is 675 g/mol. The van der Waals surface area contributed by atoms with Crippen molar-refractivity contribution in [2.24, 2.45) is 0 Å². The maximum Gasteiger partial charge on any atom is 0.141 e. The van der Waals surface area contributed by atoms with E-state index in [1.165, 1.54) is 25.4 Å². The van der Waals surface area contributed by atoms with Gasteiger partial charge in [-0.2, -0.15) is 0 Å². The fraction of sp³-hybridized carbons (Fsp3) is 0.0333. The van der Waals surface area contributed by atoms with Crippen molar-refractivity contribution in [3.63, 3.8) is 0 Å². The van der Waals surface area contributed by atoms with Crippen LogP contribution in [0.25, 0.3) is 21.8 Å².